The highest BCUT2D eigenvalue weighted by molar-refractivity contribution is 5.99. The third-order valence-corrected chi connectivity index (χ3v) is 6.91. The van der Waals surface area contributed by atoms with Crippen LogP contribution in [0.15, 0.2) is 84.9 Å². The van der Waals surface area contributed by atoms with Gasteiger partial charge in [-0.1, -0.05) is 98.8 Å². The van der Waals surface area contributed by atoms with Crippen LogP contribution in [-0.2, 0) is 5.41 Å². The van der Waals surface area contributed by atoms with Gasteiger partial charge in [-0.05, 0) is 80.6 Å². The summed E-state index contributed by atoms with van der Waals surface area (Å²) in [6.07, 6.45) is 7.56. The molecule has 1 N–H and O–H groups in total. The Balaban J connectivity index is 1.57. The number of aryl methyl sites for hydroxylation is 1. The van der Waals surface area contributed by atoms with Gasteiger partial charge in [0.05, 0.1) is 5.56 Å². The molecule has 168 valence electrons. The molecule has 0 aromatic heterocycles. The molecule has 0 aliphatic heterocycles. The second-order valence-corrected chi connectivity index (χ2v) is 9.75. The van der Waals surface area contributed by atoms with Crippen molar-refractivity contribution in [2.75, 3.05) is 0 Å². The second-order valence-electron chi connectivity index (χ2n) is 9.75. The van der Waals surface area contributed by atoms with E-state index in [9.17, 15) is 9.90 Å². The highest BCUT2D eigenvalue weighted by atomic mass is 16.4. The van der Waals surface area contributed by atoms with E-state index in [1.807, 2.05) is 19.1 Å². The minimum atomic E-state index is -0.891. The first-order valence-electron chi connectivity index (χ1n) is 11.7. The fourth-order valence-corrected chi connectivity index (χ4v) is 4.99. The van der Waals surface area contributed by atoms with Crippen molar-refractivity contribution in [2.45, 2.75) is 32.6 Å². The number of carbonyl (C=O) groups is 1. The zero-order valence-corrected chi connectivity index (χ0v) is 19.8. The average molecular weight is 445 g/mol. The number of hydrogen-bond acceptors (Lipinski definition) is 1. The monoisotopic (exact) mass is 444 g/mol. The molecular weight excluding hydrogens is 416 g/mol. The number of hydrogen-bond donors (Lipinski definition) is 1. The summed E-state index contributed by atoms with van der Waals surface area (Å²) in [6.45, 7) is 6.46. The lowest BCUT2D eigenvalue weighted by molar-refractivity contribution is 0.0696. The maximum absolute atomic E-state index is 11.3. The minimum absolute atomic E-state index is 0.0788. The molecule has 0 bridgehead atoms. The van der Waals surface area contributed by atoms with Crippen molar-refractivity contribution < 1.29 is 9.90 Å². The zero-order chi connectivity index (χ0) is 23.9. The van der Waals surface area contributed by atoms with E-state index >= 15 is 0 Å². The van der Waals surface area contributed by atoms with Crippen molar-refractivity contribution in [3.05, 3.63) is 124 Å². The number of rotatable bonds is 4. The molecular formula is C32H28O2. The maximum atomic E-state index is 11.3. The largest absolute Gasteiger partial charge is 0.478 e. The number of fused-ring (bicyclic) bond motifs is 2. The third kappa shape index (κ3) is 3.97. The van der Waals surface area contributed by atoms with Crippen LogP contribution >= 0.6 is 0 Å². The van der Waals surface area contributed by atoms with Gasteiger partial charge in [0.25, 0.3) is 0 Å². The molecule has 0 saturated heterocycles. The van der Waals surface area contributed by atoms with Crippen molar-refractivity contribution in [3.8, 4) is 0 Å². The van der Waals surface area contributed by atoms with Crippen LogP contribution in [0.4, 0.5) is 0 Å². The van der Waals surface area contributed by atoms with E-state index in [0.29, 0.717) is 5.56 Å². The molecule has 0 spiro atoms. The van der Waals surface area contributed by atoms with Crippen molar-refractivity contribution in [3.63, 3.8) is 0 Å². The molecule has 1 aliphatic rings. The molecule has 2 heteroatoms. The first kappa shape index (κ1) is 21.9. The standard InChI is InChI=1S/C32H28O2/c1-21-19-22(13-15-25(21)31(33)34)11-12-23-14-16-30-29(20-23)28(17-18-32(30,2)3)27-10-6-8-24-7-4-5-9-26(24)27/h4-17,19-20H,18H2,1-3H3,(H,33,34). The van der Waals surface area contributed by atoms with Crippen LogP contribution in [0.5, 0.6) is 0 Å². The molecule has 0 atom stereocenters. The Morgan fingerprint density at radius 2 is 1.56 bits per heavy atom. The Morgan fingerprint density at radius 3 is 2.32 bits per heavy atom. The first-order valence-corrected chi connectivity index (χ1v) is 11.7. The van der Waals surface area contributed by atoms with Gasteiger partial charge in [-0.15, -0.1) is 0 Å². The number of carboxylic acids is 1. The number of aromatic carboxylic acids is 1. The molecule has 34 heavy (non-hydrogen) atoms. The minimum Gasteiger partial charge on any atom is -0.478 e. The lowest BCUT2D eigenvalue weighted by Crippen LogP contribution is -2.22. The van der Waals surface area contributed by atoms with E-state index in [2.05, 4.69) is 92.7 Å². The highest BCUT2D eigenvalue weighted by Gasteiger charge is 2.29. The molecule has 0 amide bonds. The first-order chi connectivity index (χ1) is 16.3. The fraction of sp³-hybridized carbons (Fsp3) is 0.156. The van der Waals surface area contributed by atoms with E-state index in [1.165, 1.54) is 33.0 Å². The summed E-state index contributed by atoms with van der Waals surface area (Å²) in [5.41, 5.74) is 8.53. The van der Waals surface area contributed by atoms with Gasteiger partial charge in [0.1, 0.15) is 0 Å². The van der Waals surface area contributed by atoms with Crippen molar-refractivity contribution in [1.82, 2.24) is 0 Å². The molecule has 4 aromatic carbocycles. The van der Waals surface area contributed by atoms with Gasteiger partial charge in [-0.25, -0.2) is 4.79 Å². The molecule has 0 radical (unpaired) electrons. The molecule has 0 fully saturated rings. The van der Waals surface area contributed by atoms with Gasteiger partial charge in [-0.2, -0.15) is 0 Å². The molecule has 0 heterocycles. The van der Waals surface area contributed by atoms with Crippen molar-refractivity contribution in [2.24, 2.45) is 0 Å². The van der Waals surface area contributed by atoms with E-state index in [-0.39, 0.29) is 5.41 Å². The van der Waals surface area contributed by atoms with Crippen LogP contribution in [0.2, 0.25) is 0 Å². The normalized spacial score (nSPS) is 14.7. The summed E-state index contributed by atoms with van der Waals surface area (Å²) in [7, 11) is 0. The molecule has 2 nitrogen and oxygen atoms in total. The molecule has 5 rings (SSSR count). The summed E-state index contributed by atoms with van der Waals surface area (Å²) in [5, 5.41) is 11.8. The fourth-order valence-electron chi connectivity index (χ4n) is 4.99. The van der Waals surface area contributed by atoms with E-state index in [0.717, 1.165) is 23.1 Å². The Bertz CT molecular complexity index is 1480. The van der Waals surface area contributed by atoms with Gasteiger partial charge < -0.3 is 5.11 Å². The Kier molecular flexibility index (Phi) is 5.45. The predicted octanol–water partition coefficient (Wildman–Crippen LogP) is 8.13. The van der Waals surface area contributed by atoms with Crippen molar-refractivity contribution >= 4 is 34.5 Å². The van der Waals surface area contributed by atoms with Crippen LogP contribution in [-0.4, -0.2) is 11.1 Å². The van der Waals surface area contributed by atoms with Crippen LogP contribution in [0.3, 0.4) is 0 Å². The van der Waals surface area contributed by atoms with Crippen LogP contribution in [0, 0.1) is 6.92 Å². The summed E-state index contributed by atoms with van der Waals surface area (Å²) in [4.78, 5) is 11.3. The molecule has 1 aliphatic carbocycles. The lowest BCUT2D eigenvalue weighted by Gasteiger charge is -2.33. The van der Waals surface area contributed by atoms with E-state index in [4.69, 9.17) is 0 Å². The second kappa shape index (κ2) is 8.46. The summed E-state index contributed by atoms with van der Waals surface area (Å²) >= 11 is 0. The lowest BCUT2D eigenvalue weighted by atomic mass is 9.71. The Hall–Kier alpha value is -3.91. The summed E-state index contributed by atoms with van der Waals surface area (Å²) in [5.74, 6) is -0.891. The summed E-state index contributed by atoms with van der Waals surface area (Å²) < 4.78 is 0. The van der Waals surface area contributed by atoms with Crippen LogP contribution in [0.1, 0.15) is 64.0 Å². The predicted molar refractivity (Wildman–Crippen MR) is 142 cm³/mol. The van der Waals surface area contributed by atoms with Crippen molar-refractivity contribution in [1.29, 1.82) is 0 Å². The molecule has 0 unspecified atom stereocenters. The zero-order valence-electron chi connectivity index (χ0n) is 19.8. The van der Waals surface area contributed by atoms with Gasteiger partial charge in [-0.3, -0.25) is 0 Å². The van der Waals surface area contributed by atoms with Crippen LogP contribution in [0.25, 0.3) is 28.5 Å². The van der Waals surface area contributed by atoms with Crippen LogP contribution < -0.4 is 0 Å². The number of carboxylic acid groups (broad SMARTS) is 1. The average Bonchev–Trinajstić information content (AvgIpc) is 2.82. The number of benzene rings is 4. The maximum Gasteiger partial charge on any atom is 0.335 e. The quantitative estimate of drug-likeness (QED) is 0.323. The van der Waals surface area contributed by atoms with Gasteiger partial charge in [0, 0.05) is 0 Å². The van der Waals surface area contributed by atoms with E-state index < -0.39 is 5.97 Å². The SMILES string of the molecule is Cc1cc(C=Cc2ccc3c(c2)C(c2cccc4ccccc24)=CCC3(C)C)ccc1C(=O)O. The number of allylic oxidation sites excluding steroid dienone is 1. The Morgan fingerprint density at radius 1 is 0.853 bits per heavy atom. The van der Waals surface area contributed by atoms with Gasteiger partial charge in [0.15, 0.2) is 0 Å². The van der Waals surface area contributed by atoms with E-state index in [1.54, 1.807) is 6.07 Å². The van der Waals surface area contributed by atoms with Gasteiger partial charge in [0.2, 0.25) is 0 Å². The topological polar surface area (TPSA) is 37.3 Å². The van der Waals surface area contributed by atoms with Gasteiger partial charge >= 0.3 is 5.97 Å². The smallest absolute Gasteiger partial charge is 0.335 e. The Labute approximate surface area is 200 Å². The summed E-state index contributed by atoms with van der Waals surface area (Å²) in [6, 6.07) is 27.3. The highest BCUT2D eigenvalue weighted by Crippen LogP contribution is 2.43. The molecule has 4 aromatic rings. The molecule has 0 saturated carbocycles. The third-order valence-electron chi connectivity index (χ3n) is 6.91.